The maximum Gasteiger partial charge on any atom is 0.204 e. The minimum absolute atomic E-state index is 0.225. The van der Waals surface area contributed by atoms with Crippen LogP contribution in [-0.4, -0.2) is 0 Å². The molecule has 0 bridgehead atoms. The Morgan fingerprint density at radius 3 is 1.95 bits per heavy atom. The zero-order valence-corrected chi connectivity index (χ0v) is 12.3. The van der Waals surface area contributed by atoms with Crippen molar-refractivity contribution in [1.29, 1.82) is 0 Å². The van der Waals surface area contributed by atoms with Gasteiger partial charge < -0.3 is 0 Å². The van der Waals surface area contributed by atoms with Gasteiger partial charge >= 0.3 is 0 Å². The van der Waals surface area contributed by atoms with Gasteiger partial charge in [-0.2, -0.15) is 0 Å². The first-order valence-corrected chi connectivity index (χ1v) is 7.29. The molecule has 4 rings (SSSR count). The van der Waals surface area contributed by atoms with E-state index in [1.165, 1.54) is 17.0 Å². The summed E-state index contributed by atoms with van der Waals surface area (Å²) in [7, 11) is 1.85. The molecule has 1 heterocycles. The predicted octanol–water partition coefficient (Wildman–Crippen LogP) is 4.62. The van der Waals surface area contributed by atoms with Crippen molar-refractivity contribution in [2.45, 2.75) is 0 Å². The summed E-state index contributed by atoms with van der Waals surface area (Å²) in [4.78, 5) is 0. The molecule has 0 saturated heterocycles. The first-order valence-electron chi connectivity index (χ1n) is 7.29. The lowest BCUT2D eigenvalue weighted by Gasteiger charge is -2.11. The molecule has 2 heteroatoms. The van der Waals surface area contributed by atoms with Gasteiger partial charge in [-0.1, -0.05) is 48.5 Å². The number of rotatable bonds is 1. The van der Waals surface area contributed by atoms with Gasteiger partial charge in [-0.05, 0) is 33.7 Å². The SMILES string of the molecule is C[n+]1cc(F)cc(-c2c3ccccc3cc3ccccc23)c1. The molecule has 0 aliphatic carbocycles. The lowest BCUT2D eigenvalue weighted by atomic mass is 9.93. The number of halogens is 1. The van der Waals surface area contributed by atoms with Crippen LogP contribution in [0, 0.1) is 5.82 Å². The molecule has 0 aliphatic rings. The number of nitrogens with zero attached hydrogens (tertiary/aromatic N) is 1. The van der Waals surface area contributed by atoms with Crippen LogP contribution in [0.4, 0.5) is 4.39 Å². The zero-order chi connectivity index (χ0) is 15.1. The molecular formula is C20H15FN+. The minimum atomic E-state index is -0.225. The van der Waals surface area contributed by atoms with Gasteiger partial charge in [0, 0.05) is 11.1 Å². The lowest BCUT2D eigenvalue weighted by molar-refractivity contribution is -0.672. The molecule has 22 heavy (non-hydrogen) atoms. The van der Waals surface area contributed by atoms with Crippen molar-refractivity contribution in [1.82, 2.24) is 0 Å². The fourth-order valence-corrected chi connectivity index (χ4v) is 3.14. The third-order valence-electron chi connectivity index (χ3n) is 4.02. The van der Waals surface area contributed by atoms with E-state index < -0.39 is 0 Å². The number of fused-ring (bicyclic) bond motifs is 2. The van der Waals surface area contributed by atoms with Crippen LogP contribution in [0.3, 0.4) is 0 Å². The summed E-state index contributed by atoms with van der Waals surface area (Å²) in [5.41, 5.74) is 1.99. The van der Waals surface area contributed by atoms with E-state index in [1.54, 1.807) is 10.6 Å². The highest BCUT2D eigenvalue weighted by Crippen LogP contribution is 2.35. The van der Waals surface area contributed by atoms with Crippen molar-refractivity contribution in [3.05, 3.63) is 78.9 Å². The molecule has 0 unspecified atom stereocenters. The van der Waals surface area contributed by atoms with Crippen molar-refractivity contribution in [3.8, 4) is 11.1 Å². The summed E-state index contributed by atoms with van der Waals surface area (Å²) in [6.45, 7) is 0. The molecule has 0 radical (unpaired) electrons. The molecule has 0 amide bonds. The Morgan fingerprint density at radius 1 is 0.773 bits per heavy atom. The van der Waals surface area contributed by atoms with Gasteiger partial charge in [-0.15, -0.1) is 0 Å². The fourth-order valence-electron chi connectivity index (χ4n) is 3.14. The lowest BCUT2D eigenvalue weighted by Crippen LogP contribution is -2.27. The van der Waals surface area contributed by atoms with Crippen LogP contribution in [0.2, 0.25) is 0 Å². The van der Waals surface area contributed by atoms with E-state index >= 15 is 0 Å². The average Bonchev–Trinajstić information content (AvgIpc) is 2.51. The van der Waals surface area contributed by atoms with Crippen molar-refractivity contribution in [2.24, 2.45) is 7.05 Å². The Hall–Kier alpha value is -2.74. The summed E-state index contributed by atoms with van der Waals surface area (Å²) in [5.74, 6) is -0.225. The maximum atomic E-state index is 13.9. The largest absolute Gasteiger partial charge is 0.205 e. The highest BCUT2D eigenvalue weighted by molar-refractivity contribution is 6.12. The number of aromatic nitrogens is 1. The number of aryl methyl sites for hydroxylation is 1. The van der Waals surface area contributed by atoms with Crippen molar-refractivity contribution in [3.63, 3.8) is 0 Å². The van der Waals surface area contributed by atoms with E-state index in [1.807, 2.05) is 37.5 Å². The molecule has 106 valence electrons. The quantitative estimate of drug-likeness (QED) is 0.355. The smallest absolute Gasteiger partial charge is 0.204 e. The molecular weight excluding hydrogens is 273 g/mol. The molecule has 0 atom stereocenters. The first-order chi connectivity index (χ1) is 10.7. The summed E-state index contributed by atoms with van der Waals surface area (Å²) < 4.78 is 15.7. The molecule has 0 N–H and O–H groups in total. The van der Waals surface area contributed by atoms with Crippen LogP contribution < -0.4 is 4.57 Å². The van der Waals surface area contributed by atoms with Crippen LogP contribution in [0.5, 0.6) is 0 Å². The van der Waals surface area contributed by atoms with Crippen LogP contribution in [-0.2, 0) is 7.05 Å². The van der Waals surface area contributed by atoms with Crippen LogP contribution >= 0.6 is 0 Å². The monoisotopic (exact) mass is 288 g/mol. The summed E-state index contributed by atoms with van der Waals surface area (Å²) in [6.07, 6.45) is 3.45. The van der Waals surface area contributed by atoms with Crippen molar-refractivity contribution >= 4 is 21.5 Å². The number of hydrogen-bond acceptors (Lipinski definition) is 0. The van der Waals surface area contributed by atoms with Gasteiger partial charge in [-0.3, -0.25) is 0 Å². The molecule has 4 aromatic rings. The van der Waals surface area contributed by atoms with Gasteiger partial charge in [-0.25, -0.2) is 8.96 Å². The molecule has 0 aliphatic heterocycles. The number of pyridine rings is 1. The van der Waals surface area contributed by atoms with Gasteiger partial charge in [0.15, 0.2) is 12.0 Å². The topological polar surface area (TPSA) is 3.88 Å². The third kappa shape index (κ3) is 2.04. The Kier molecular flexibility index (Phi) is 2.90. The minimum Gasteiger partial charge on any atom is -0.205 e. The van der Waals surface area contributed by atoms with Gasteiger partial charge in [0.25, 0.3) is 0 Å². The molecule has 0 saturated carbocycles. The van der Waals surface area contributed by atoms with Gasteiger partial charge in [0.05, 0.1) is 0 Å². The van der Waals surface area contributed by atoms with E-state index in [0.29, 0.717) is 0 Å². The van der Waals surface area contributed by atoms with Crippen LogP contribution in [0.1, 0.15) is 0 Å². The van der Waals surface area contributed by atoms with Crippen molar-refractivity contribution in [2.75, 3.05) is 0 Å². The molecule has 3 aromatic carbocycles. The first kappa shape index (κ1) is 13.0. The summed E-state index contributed by atoms with van der Waals surface area (Å²) in [5, 5.41) is 4.63. The summed E-state index contributed by atoms with van der Waals surface area (Å²) >= 11 is 0. The average molecular weight is 288 g/mol. The number of hydrogen-bond donors (Lipinski definition) is 0. The Balaban J connectivity index is 2.21. The van der Waals surface area contributed by atoms with E-state index in [9.17, 15) is 4.39 Å². The van der Waals surface area contributed by atoms with Gasteiger partial charge in [0.2, 0.25) is 6.20 Å². The van der Waals surface area contributed by atoms with Crippen LogP contribution in [0.25, 0.3) is 32.7 Å². The predicted molar refractivity (Wildman–Crippen MR) is 88.0 cm³/mol. The van der Waals surface area contributed by atoms with Crippen LogP contribution in [0.15, 0.2) is 73.1 Å². The second kappa shape index (κ2) is 4.92. The highest BCUT2D eigenvalue weighted by Gasteiger charge is 2.13. The van der Waals surface area contributed by atoms with E-state index in [0.717, 1.165) is 21.9 Å². The van der Waals surface area contributed by atoms with E-state index in [-0.39, 0.29) is 5.82 Å². The maximum absolute atomic E-state index is 13.9. The Morgan fingerprint density at radius 2 is 1.36 bits per heavy atom. The fraction of sp³-hybridized carbons (Fsp3) is 0.0500. The Labute approximate surface area is 128 Å². The standard InChI is InChI=1S/C20H15FN/c1-22-12-16(11-17(21)13-22)20-18-8-4-2-6-14(18)10-15-7-3-5-9-19(15)20/h2-13H,1H3/q+1. The Bertz CT molecular complexity index is 931. The van der Waals surface area contributed by atoms with E-state index in [4.69, 9.17) is 0 Å². The summed E-state index contributed by atoms with van der Waals surface area (Å²) in [6, 6.07) is 20.3. The third-order valence-corrected chi connectivity index (χ3v) is 4.02. The van der Waals surface area contributed by atoms with E-state index in [2.05, 4.69) is 30.3 Å². The second-order valence-electron chi connectivity index (χ2n) is 5.60. The molecule has 1 nitrogen and oxygen atoms in total. The molecule has 1 aromatic heterocycles. The highest BCUT2D eigenvalue weighted by atomic mass is 19.1. The zero-order valence-electron chi connectivity index (χ0n) is 12.3. The number of benzene rings is 3. The van der Waals surface area contributed by atoms with Gasteiger partial charge in [0.1, 0.15) is 7.05 Å². The molecule has 0 fully saturated rings. The van der Waals surface area contributed by atoms with Crippen molar-refractivity contribution < 1.29 is 8.96 Å². The molecule has 0 spiro atoms. The normalized spacial score (nSPS) is 11.2. The second-order valence-corrected chi connectivity index (χ2v) is 5.60.